The molecule has 0 aliphatic carbocycles. The molecule has 0 heterocycles. The highest BCUT2D eigenvalue weighted by atomic mass is 16.6. The first-order valence-corrected chi connectivity index (χ1v) is 5.94. The van der Waals surface area contributed by atoms with Gasteiger partial charge < -0.3 is 20.1 Å². The van der Waals surface area contributed by atoms with Gasteiger partial charge in [-0.1, -0.05) is 0 Å². The molecule has 0 aliphatic heterocycles. The Balaban J connectivity index is 4.50. The third kappa shape index (κ3) is 6.08. The molecule has 0 spiro atoms. The molecule has 7 nitrogen and oxygen atoms in total. The number of carbonyl (C=O) groups is 3. The molecule has 0 aromatic carbocycles. The van der Waals surface area contributed by atoms with E-state index in [0.717, 1.165) is 4.90 Å². The van der Waals surface area contributed by atoms with E-state index in [1.165, 1.54) is 20.9 Å². The van der Waals surface area contributed by atoms with Gasteiger partial charge in [-0.05, 0) is 34.6 Å². The number of hydrogen-bond acceptors (Lipinski definition) is 4. The summed E-state index contributed by atoms with van der Waals surface area (Å²) in [5.41, 5.74) is -0.660. The van der Waals surface area contributed by atoms with Crippen molar-refractivity contribution in [2.45, 2.75) is 52.3 Å². The van der Waals surface area contributed by atoms with Crippen molar-refractivity contribution in [3.05, 3.63) is 0 Å². The van der Waals surface area contributed by atoms with Crippen molar-refractivity contribution in [1.29, 1.82) is 0 Å². The fraction of sp³-hybridized carbons (Fsp3) is 0.750. The van der Waals surface area contributed by atoms with Crippen LogP contribution in [0.2, 0.25) is 0 Å². The van der Waals surface area contributed by atoms with Crippen LogP contribution in [0.25, 0.3) is 0 Å². The van der Waals surface area contributed by atoms with E-state index in [-0.39, 0.29) is 0 Å². The van der Waals surface area contributed by atoms with E-state index in [2.05, 4.69) is 5.32 Å². The molecule has 110 valence electrons. The van der Waals surface area contributed by atoms with Crippen molar-refractivity contribution in [1.82, 2.24) is 10.2 Å². The van der Waals surface area contributed by atoms with Gasteiger partial charge in [0, 0.05) is 7.05 Å². The van der Waals surface area contributed by atoms with Gasteiger partial charge in [-0.25, -0.2) is 9.59 Å². The lowest BCUT2D eigenvalue weighted by molar-refractivity contribution is -0.148. The lowest BCUT2D eigenvalue weighted by atomic mass is 10.2. The van der Waals surface area contributed by atoms with Crippen LogP contribution in [-0.2, 0) is 14.3 Å². The molecule has 0 saturated heterocycles. The first kappa shape index (κ1) is 17.2. The fourth-order valence-corrected chi connectivity index (χ4v) is 1.21. The summed E-state index contributed by atoms with van der Waals surface area (Å²) in [5, 5.41) is 11.2. The molecule has 0 aromatic heterocycles. The SMILES string of the molecule is CC(C(=O)O)N(C)C(=O)[C@H](C)NC(=O)OC(C)(C)C. The van der Waals surface area contributed by atoms with Crippen LogP contribution in [0, 0.1) is 0 Å². The largest absolute Gasteiger partial charge is 0.480 e. The maximum absolute atomic E-state index is 11.9. The Bertz CT molecular complexity index is 362. The van der Waals surface area contributed by atoms with Crippen LogP contribution in [0.1, 0.15) is 34.6 Å². The van der Waals surface area contributed by atoms with Crippen LogP contribution in [0.3, 0.4) is 0 Å². The van der Waals surface area contributed by atoms with Gasteiger partial charge in [0.05, 0.1) is 0 Å². The normalized spacial score (nSPS) is 14.2. The summed E-state index contributed by atoms with van der Waals surface area (Å²) in [5.74, 6) is -1.61. The lowest BCUT2D eigenvalue weighted by Crippen LogP contribution is -2.50. The minimum Gasteiger partial charge on any atom is -0.480 e. The Morgan fingerprint density at radius 3 is 2.05 bits per heavy atom. The fourth-order valence-electron chi connectivity index (χ4n) is 1.21. The lowest BCUT2D eigenvalue weighted by Gasteiger charge is -2.26. The standard InChI is InChI=1S/C12H22N2O5/c1-7(13-11(18)19-12(3,4)5)9(15)14(6)8(2)10(16)17/h7-8H,1-6H3,(H,13,18)(H,16,17)/t7-,8?/m0/s1. The molecule has 0 saturated carbocycles. The maximum atomic E-state index is 11.9. The third-order valence-electron chi connectivity index (χ3n) is 2.39. The van der Waals surface area contributed by atoms with Crippen molar-refractivity contribution >= 4 is 18.0 Å². The summed E-state index contributed by atoms with van der Waals surface area (Å²) >= 11 is 0. The van der Waals surface area contributed by atoms with Crippen molar-refractivity contribution in [3.63, 3.8) is 0 Å². The molecule has 0 fully saturated rings. The summed E-state index contributed by atoms with van der Waals surface area (Å²) in [6, 6.07) is -1.82. The average molecular weight is 274 g/mol. The molecule has 0 radical (unpaired) electrons. The highest BCUT2D eigenvalue weighted by Crippen LogP contribution is 2.07. The molecule has 2 amide bonds. The zero-order chi connectivity index (χ0) is 15.4. The highest BCUT2D eigenvalue weighted by Gasteiger charge is 2.27. The van der Waals surface area contributed by atoms with Crippen molar-refractivity contribution in [2.24, 2.45) is 0 Å². The van der Waals surface area contributed by atoms with Gasteiger partial charge >= 0.3 is 12.1 Å². The number of nitrogens with one attached hydrogen (secondary N) is 1. The second-order valence-corrected chi connectivity index (χ2v) is 5.33. The molecule has 2 atom stereocenters. The van der Waals surface area contributed by atoms with E-state index >= 15 is 0 Å². The molecule has 1 unspecified atom stereocenters. The van der Waals surface area contributed by atoms with Crippen molar-refractivity contribution in [2.75, 3.05) is 7.05 Å². The van der Waals surface area contributed by atoms with Crippen LogP contribution in [0.15, 0.2) is 0 Å². The Kier molecular flexibility index (Phi) is 5.80. The number of nitrogens with zero attached hydrogens (tertiary/aromatic N) is 1. The summed E-state index contributed by atoms with van der Waals surface area (Å²) in [6.45, 7) is 7.98. The molecule has 0 rings (SSSR count). The third-order valence-corrected chi connectivity index (χ3v) is 2.39. The molecule has 2 N–H and O–H groups in total. The number of amides is 2. The van der Waals surface area contributed by atoms with Crippen LogP contribution in [0.5, 0.6) is 0 Å². The predicted molar refractivity (Wildman–Crippen MR) is 68.7 cm³/mol. The number of aliphatic carboxylic acids is 1. The zero-order valence-corrected chi connectivity index (χ0v) is 12.2. The number of carboxylic acids is 1. The summed E-state index contributed by atoms with van der Waals surface area (Å²) in [4.78, 5) is 35.2. The van der Waals surface area contributed by atoms with E-state index in [4.69, 9.17) is 9.84 Å². The zero-order valence-electron chi connectivity index (χ0n) is 12.2. The van der Waals surface area contributed by atoms with Crippen LogP contribution < -0.4 is 5.32 Å². The minimum absolute atomic E-state index is 0.499. The van der Waals surface area contributed by atoms with Crippen molar-refractivity contribution < 1.29 is 24.2 Å². The summed E-state index contributed by atoms with van der Waals surface area (Å²) in [6.07, 6.45) is -0.718. The van der Waals surface area contributed by atoms with Gasteiger partial charge in [-0.3, -0.25) is 4.79 Å². The molecular weight excluding hydrogens is 252 g/mol. The Hall–Kier alpha value is -1.79. The maximum Gasteiger partial charge on any atom is 0.408 e. The van der Waals surface area contributed by atoms with Crippen molar-refractivity contribution in [3.8, 4) is 0 Å². The first-order valence-electron chi connectivity index (χ1n) is 5.94. The number of hydrogen-bond donors (Lipinski definition) is 2. The predicted octanol–water partition coefficient (Wildman–Crippen LogP) is 0.831. The molecule has 0 aliphatic rings. The molecule has 0 aromatic rings. The first-order chi connectivity index (χ1) is 8.45. The number of alkyl carbamates (subject to hydrolysis) is 1. The number of ether oxygens (including phenoxy) is 1. The number of carboxylic acid groups (broad SMARTS) is 1. The van der Waals surface area contributed by atoms with E-state index in [1.54, 1.807) is 20.8 Å². The average Bonchev–Trinajstić information content (AvgIpc) is 2.22. The Morgan fingerprint density at radius 1 is 1.21 bits per heavy atom. The molecule has 0 bridgehead atoms. The van der Waals surface area contributed by atoms with Crippen LogP contribution >= 0.6 is 0 Å². The van der Waals surface area contributed by atoms with Crippen LogP contribution in [0.4, 0.5) is 4.79 Å². The van der Waals surface area contributed by atoms with Gasteiger partial charge in [0.1, 0.15) is 17.7 Å². The second-order valence-electron chi connectivity index (χ2n) is 5.33. The Labute approximate surface area is 112 Å². The van der Waals surface area contributed by atoms with Gasteiger partial charge in [-0.2, -0.15) is 0 Å². The number of carbonyl (C=O) groups excluding carboxylic acids is 2. The number of likely N-dealkylation sites (N-methyl/N-ethyl adjacent to an activating group) is 1. The van der Waals surface area contributed by atoms with E-state index in [0.29, 0.717) is 0 Å². The number of rotatable bonds is 4. The monoisotopic (exact) mass is 274 g/mol. The minimum atomic E-state index is -1.11. The van der Waals surface area contributed by atoms with E-state index < -0.39 is 35.7 Å². The highest BCUT2D eigenvalue weighted by molar-refractivity contribution is 5.88. The quantitative estimate of drug-likeness (QED) is 0.791. The van der Waals surface area contributed by atoms with Gasteiger partial charge in [0.25, 0.3) is 0 Å². The Morgan fingerprint density at radius 2 is 1.68 bits per heavy atom. The van der Waals surface area contributed by atoms with E-state index in [1.807, 2.05) is 0 Å². The van der Waals surface area contributed by atoms with Crippen LogP contribution in [-0.4, -0.2) is 52.7 Å². The molecule has 7 heteroatoms. The second kappa shape index (κ2) is 6.40. The van der Waals surface area contributed by atoms with Gasteiger partial charge in [0.2, 0.25) is 5.91 Å². The topological polar surface area (TPSA) is 95.9 Å². The van der Waals surface area contributed by atoms with Gasteiger partial charge in [-0.15, -0.1) is 0 Å². The van der Waals surface area contributed by atoms with E-state index in [9.17, 15) is 14.4 Å². The smallest absolute Gasteiger partial charge is 0.408 e. The molecule has 19 heavy (non-hydrogen) atoms. The summed E-state index contributed by atoms with van der Waals surface area (Å²) in [7, 11) is 1.37. The summed E-state index contributed by atoms with van der Waals surface area (Å²) < 4.78 is 5.01. The van der Waals surface area contributed by atoms with Gasteiger partial charge in [0.15, 0.2) is 0 Å². The molecular formula is C12H22N2O5.